The predicted molar refractivity (Wildman–Crippen MR) is 65.5 cm³/mol. The Balaban J connectivity index is 1.85. The minimum Gasteiger partial charge on any atom is -0.382 e. The van der Waals surface area contributed by atoms with Crippen LogP contribution in [0.1, 0.15) is 25.7 Å². The van der Waals surface area contributed by atoms with E-state index in [2.05, 4.69) is 5.32 Å². The predicted octanol–water partition coefficient (Wildman–Crippen LogP) is -1.18. The second-order valence-corrected chi connectivity index (χ2v) is 5.15. The molecular weight excluding hydrogens is 234 g/mol. The molecule has 0 saturated carbocycles. The van der Waals surface area contributed by atoms with Crippen LogP contribution in [0.5, 0.6) is 0 Å². The number of likely N-dealkylation sites (tertiary alicyclic amines) is 1. The van der Waals surface area contributed by atoms with Gasteiger partial charge in [-0.05, 0) is 25.7 Å². The van der Waals surface area contributed by atoms with E-state index in [0.717, 1.165) is 19.3 Å². The standard InChI is InChI=1S/C12H21N3O3/c13-9(7-8-3-4-14-11(8)17)10(16)12(18)15-5-1-2-6-15/h8-10,16H,1-7,13H2,(H,14,17)/t8-,9-,10?/m0/s1. The van der Waals surface area contributed by atoms with Crippen molar-refractivity contribution >= 4 is 11.8 Å². The maximum absolute atomic E-state index is 11.9. The third kappa shape index (κ3) is 2.81. The van der Waals surface area contributed by atoms with E-state index in [1.165, 1.54) is 0 Å². The molecule has 0 spiro atoms. The van der Waals surface area contributed by atoms with E-state index in [9.17, 15) is 14.7 Å². The molecule has 102 valence electrons. The molecule has 0 bridgehead atoms. The summed E-state index contributed by atoms with van der Waals surface area (Å²) in [5, 5.41) is 12.7. The van der Waals surface area contributed by atoms with Gasteiger partial charge in [0.2, 0.25) is 5.91 Å². The van der Waals surface area contributed by atoms with Crippen LogP contribution in [0.4, 0.5) is 0 Å². The molecule has 6 nitrogen and oxygen atoms in total. The minimum atomic E-state index is -1.18. The van der Waals surface area contributed by atoms with E-state index >= 15 is 0 Å². The van der Waals surface area contributed by atoms with Crippen molar-refractivity contribution in [2.45, 2.75) is 37.8 Å². The number of carbonyl (C=O) groups excluding carboxylic acids is 2. The van der Waals surface area contributed by atoms with Gasteiger partial charge in [-0.1, -0.05) is 0 Å². The number of hydrogen-bond donors (Lipinski definition) is 3. The Morgan fingerprint density at radius 3 is 2.72 bits per heavy atom. The molecule has 0 aliphatic carbocycles. The maximum Gasteiger partial charge on any atom is 0.253 e. The highest BCUT2D eigenvalue weighted by molar-refractivity contribution is 5.83. The van der Waals surface area contributed by atoms with Gasteiger partial charge in [0.1, 0.15) is 6.10 Å². The van der Waals surface area contributed by atoms with Crippen molar-refractivity contribution in [2.75, 3.05) is 19.6 Å². The SMILES string of the molecule is N[C@@H](C[C@@H]1CCNC1=O)C(O)C(=O)N1CCCC1. The largest absolute Gasteiger partial charge is 0.382 e. The van der Waals surface area contributed by atoms with Crippen LogP contribution in [0.15, 0.2) is 0 Å². The van der Waals surface area contributed by atoms with E-state index in [1.54, 1.807) is 4.90 Å². The van der Waals surface area contributed by atoms with Crippen molar-refractivity contribution in [3.8, 4) is 0 Å². The first kappa shape index (κ1) is 13.3. The molecule has 1 unspecified atom stereocenters. The monoisotopic (exact) mass is 255 g/mol. The van der Waals surface area contributed by atoms with E-state index in [1.807, 2.05) is 0 Å². The number of nitrogens with two attached hydrogens (primary N) is 1. The molecule has 0 radical (unpaired) electrons. The smallest absolute Gasteiger partial charge is 0.253 e. The summed E-state index contributed by atoms with van der Waals surface area (Å²) in [7, 11) is 0. The molecule has 0 aromatic heterocycles. The number of carbonyl (C=O) groups is 2. The molecule has 18 heavy (non-hydrogen) atoms. The lowest BCUT2D eigenvalue weighted by molar-refractivity contribution is -0.140. The first-order chi connectivity index (χ1) is 8.59. The van der Waals surface area contributed by atoms with Crippen LogP contribution >= 0.6 is 0 Å². The van der Waals surface area contributed by atoms with Crippen molar-refractivity contribution in [3.63, 3.8) is 0 Å². The second kappa shape index (κ2) is 5.67. The highest BCUT2D eigenvalue weighted by Gasteiger charge is 2.33. The molecule has 2 heterocycles. The molecule has 2 amide bonds. The van der Waals surface area contributed by atoms with Crippen LogP contribution in [0.3, 0.4) is 0 Å². The van der Waals surface area contributed by atoms with Gasteiger partial charge in [-0.2, -0.15) is 0 Å². The fourth-order valence-corrected chi connectivity index (χ4v) is 2.64. The summed E-state index contributed by atoms with van der Waals surface area (Å²) in [5.41, 5.74) is 5.85. The molecule has 2 aliphatic heterocycles. The van der Waals surface area contributed by atoms with E-state index < -0.39 is 12.1 Å². The van der Waals surface area contributed by atoms with E-state index in [-0.39, 0.29) is 17.7 Å². The van der Waals surface area contributed by atoms with Gasteiger partial charge in [0.15, 0.2) is 0 Å². The fraction of sp³-hybridized carbons (Fsp3) is 0.833. The summed E-state index contributed by atoms with van der Waals surface area (Å²) in [6.07, 6.45) is 1.89. The quantitative estimate of drug-likeness (QED) is 0.589. The van der Waals surface area contributed by atoms with Crippen LogP contribution in [0.2, 0.25) is 0 Å². The zero-order valence-corrected chi connectivity index (χ0v) is 10.5. The van der Waals surface area contributed by atoms with Crippen molar-refractivity contribution in [1.82, 2.24) is 10.2 Å². The van der Waals surface area contributed by atoms with Crippen LogP contribution in [-0.4, -0.2) is 53.6 Å². The molecule has 2 aliphatic rings. The Labute approximate surface area is 107 Å². The van der Waals surface area contributed by atoms with Gasteiger partial charge >= 0.3 is 0 Å². The van der Waals surface area contributed by atoms with Gasteiger partial charge in [-0.25, -0.2) is 0 Å². The highest BCUT2D eigenvalue weighted by atomic mass is 16.3. The first-order valence-corrected chi connectivity index (χ1v) is 6.59. The lowest BCUT2D eigenvalue weighted by Crippen LogP contribution is -2.48. The number of rotatable bonds is 4. The Kier molecular flexibility index (Phi) is 4.19. The molecule has 0 aromatic rings. The Hall–Kier alpha value is -1.14. The second-order valence-electron chi connectivity index (χ2n) is 5.15. The molecule has 3 atom stereocenters. The average molecular weight is 255 g/mol. The Morgan fingerprint density at radius 1 is 1.50 bits per heavy atom. The van der Waals surface area contributed by atoms with Crippen molar-refractivity contribution in [1.29, 1.82) is 0 Å². The zero-order valence-electron chi connectivity index (χ0n) is 10.5. The number of aliphatic hydroxyl groups excluding tert-OH is 1. The van der Waals surface area contributed by atoms with Crippen molar-refractivity contribution in [2.24, 2.45) is 11.7 Å². The van der Waals surface area contributed by atoms with Crippen LogP contribution in [0.25, 0.3) is 0 Å². The van der Waals surface area contributed by atoms with E-state index in [4.69, 9.17) is 5.73 Å². The Bertz CT molecular complexity index is 329. The topological polar surface area (TPSA) is 95.7 Å². The first-order valence-electron chi connectivity index (χ1n) is 6.59. The lowest BCUT2D eigenvalue weighted by Gasteiger charge is -2.24. The number of nitrogens with one attached hydrogen (secondary N) is 1. The zero-order chi connectivity index (χ0) is 13.1. The van der Waals surface area contributed by atoms with Gasteiger partial charge in [-0.15, -0.1) is 0 Å². The van der Waals surface area contributed by atoms with Crippen molar-refractivity contribution in [3.05, 3.63) is 0 Å². The molecule has 2 saturated heterocycles. The summed E-state index contributed by atoms with van der Waals surface area (Å²) in [6.45, 7) is 2.06. The van der Waals surface area contributed by atoms with E-state index in [0.29, 0.717) is 26.1 Å². The summed E-state index contributed by atoms with van der Waals surface area (Å²) < 4.78 is 0. The molecular formula is C12H21N3O3. The van der Waals surface area contributed by atoms with Gasteiger partial charge in [0.25, 0.3) is 5.91 Å². The molecule has 2 rings (SSSR count). The van der Waals surface area contributed by atoms with Gasteiger partial charge < -0.3 is 21.1 Å². The number of amides is 2. The number of hydrogen-bond acceptors (Lipinski definition) is 4. The number of nitrogens with zero attached hydrogens (tertiary/aromatic N) is 1. The van der Waals surface area contributed by atoms with Gasteiger partial charge in [0.05, 0.1) is 0 Å². The fourth-order valence-electron chi connectivity index (χ4n) is 2.64. The van der Waals surface area contributed by atoms with Gasteiger partial charge in [0, 0.05) is 31.6 Å². The maximum atomic E-state index is 11.9. The van der Waals surface area contributed by atoms with Crippen LogP contribution < -0.4 is 11.1 Å². The lowest BCUT2D eigenvalue weighted by atomic mass is 9.95. The third-order valence-electron chi connectivity index (χ3n) is 3.80. The molecule has 4 N–H and O–H groups in total. The number of aliphatic hydroxyl groups is 1. The van der Waals surface area contributed by atoms with Crippen LogP contribution in [-0.2, 0) is 9.59 Å². The normalized spacial score (nSPS) is 27.1. The summed E-state index contributed by atoms with van der Waals surface area (Å²) >= 11 is 0. The third-order valence-corrected chi connectivity index (χ3v) is 3.80. The molecule has 0 aromatic carbocycles. The van der Waals surface area contributed by atoms with Crippen LogP contribution in [0, 0.1) is 5.92 Å². The summed E-state index contributed by atoms with van der Waals surface area (Å²) in [5.74, 6) is -0.481. The summed E-state index contributed by atoms with van der Waals surface area (Å²) in [4.78, 5) is 25.0. The Morgan fingerprint density at radius 2 is 2.17 bits per heavy atom. The summed E-state index contributed by atoms with van der Waals surface area (Å²) in [6, 6.07) is -0.660. The van der Waals surface area contributed by atoms with Crippen molar-refractivity contribution < 1.29 is 14.7 Å². The molecule has 6 heteroatoms. The average Bonchev–Trinajstić information content (AvgIpc) is 3.00. The minimum absolute atomic E-state index is 0.0220. The molecule has 2 fully saturated rings. The highest BCUT2D eigenvalue weighted by Crippen LogP contribution is 2.18. The van der Waals surface area contributed by atoms with Gasteiger partial charge in [-0.3, -0.25) is 9.59 Å².